The summed E-state index contributed by atoms with van der Waals surface area (Å²) in [7, 11) is 0. The SMILES string of the molecule is O=C(Nc1ccc2c(c1)CCC2)c1cccnc1Cl. The van der Waals surface area contributed by atoms with Crippen LogP contribution >= 0.6 is 11.6 Å². The van der Waals surface area contributed by atoms with Gasteiger partial charge in [-0.15, -0.1) is 0 Å². The van der Waals surface area contributed by atoms with Gasteiger partial charge in [-0.25, -0.2) is 4.98 Å². The first-order chi connectivity index (χ1) is 9.24. The van der Waals surface area contributed by atoms with Gasteiger partial charge in [-0.2, -0.15) is 0 Å². The number of pyridine rings is 1. The van der Waals surface area contributed by atoms with E-state index in [2.05, 4.69) is 16.4 Å². The van der Waals surface area contributed by atoms with Crippen molar-refractivity contribution in [1.29, 1.82) is 0 Å². The van der Waals surface area contributed by atoms with Gasteiger partial charge in [-0.05, 0) is 54.7 Å². The van der Waals surface area contributed by atoms with E-state index in [0.29, 0.717) is 5.56 Å². The van der Waals surface area contributed by atoms with Crippen molar-refractivity contribution in [2.75, 3.05) is 5.32 Å². The largest absolute Gasteiger partial charge is 0.322 e. The Kier molecular flexibility index (Phi) is 3.22. The van der Waals surface area contributed by atoms with E-state index in [9.17, 15) is 4.79 Å². The highest BCUT2D eigenvalue weighted by Crippen LogP contribution is 2.25. The number of carbonyl (C=O) groups excluding carboxylic acids is 1. The number of fused-ring (bicyclic) bond motifs is 1. The molecule has 96 valence electrons. The smallest absolute Gasteiger partial charge is 0.258 e. The van der Waals surface area contributed by atoms with Crippen molar-refractivity contribution in [2.45, 2.75) is 19.3 Å². The standard InChI is InChI=1S/C15H13ClN2O/c16-14-13(5-2-8-17-14)15(19)18-12-7-6-10-3-1-4-11(10)9-12/h2,5-9H,1,3-4H2,(H,18,19). The number of hydrogen-bond donors (Lipinski definition) is 1. The van der Waals surface area contributed by atoms with Crippen LogP contribution in [0.1, 0.15) is 27.9 Å². The highest BCUT2D eigenvalue weighted by molar-refractivity contribution is 6.33. The van der Waals surface area contributed by atoms with Crippen LogP contribution in [0.4, 0.5) is 5.69 Å². The molecule has 0 unspecified atom stereocenters. The number of nitrogens with one attached hydrogen (secondary N) is 1. The fraction of sp³-hybridized carbons (Fsp3) is 0.200. The summed E-state index contributed by atoms with van der Waals surface area (Å²) in [6.07, 6.45) is 4.99. The molecular weight excluding hydrogens is 260 g/mol. The molecule has 19 heavy (non-hydrogen) atoms. The quantitative estimate of drug-likeness (QED) is 0.851. The second kappa shape index (κ2) is 5.02. The maximum absolute atomic E-state index is 12.1. The summed E-state index contributed by atoms with van der Waals surface area (Å²) in [5.41, 5.74) is 3.92. The Bertz CT molecular complexity index is 640. The Balaban J connectivity index is 1.82. The Morgan fingerprint density at radius 2 is 2.05 bits per heavy atom. The van der Waals surface area contributed by atoms with Gasteiger partial charge in [0.05, 0.1) is 5.56 Å². The molecular formula is C15H13ClN2O. The zero-order valence-corrected chi connectivity index (χ0v) is 11.1. The highest BCUT2D eigenvalue weighted by Gasteiger charge is 2.14. The summed E-state index contributed by atoms with van der Waals surface area (Å²) in [5, 5.41) is 3.09. The zero-order valence-electron chi connectivity index (χ0n) is 10.3. The van der Waals surface area contributed by atoms with E-state index in [1.165, 1.54) is 17.5 Å². The average Bonchev–Trinajstić information content (AvgIpc) is 2.86. The van der Waals surface area contributed by atoms with Crippen LogP contribution in [0.25, 0.3) is 0 Å². The zero-order chi connectivity index (χ0) is 13.2. The van der Waals surface area contributed by atoms with Gasteiger partial charge in [0, 0.05) is 11.9 Å². The molecule has 4 heteroatoms. The summed E-state index contributed by atoms with van der Waals surface area (Å²) >= 11 is 5.91. The normalized spacial score (nSPS) is 13.1. The summed E-state index contributed by atoms with van der Waals surface area (Å²) in [5.74, 6) is -0.226. The van der Waals surface area contributed by atoms with Crippen molar-refractivity contribution in [3.05, 3.63) is 58.4 Å². The molecule has 1 aliphatic rings. The number of amides is 1. The van der Waals surface area contributed by atoms with Gasteiger partial charge in [0.25, 0.3) is 5.91 Å². The van der Waals surface area contributed by atoms with Gasteiger partial charge in [0.2, 0.25) is 0 Å². The minimum atomic E-state index is -0.226. The van der Waals surface area contributed by atoms with Crippen LogP contribution in [0.3, 0.4) is 0 Å². The van der Waals surface area contributed by atoms with Crippen LogP contribution in [0, 0.1) is 0 Å². The molecule has 0 saturated heterocycles. The van der Waals surface area contributed by atoms with Gasteiger partial charge < -0.3 is 5.32 Å². The Hall–Kier alpha value is -1.87. The molecule has 3 rings (SSSR count). The van der Waals surface area contributed by atoms with Crippen LogP contribution in [-0.2, 0) is 12.8 Å². The molecule has 0 bridgehead atoms. The van der Waals surface area contributed by atoms with Gasteiger partial charge in [-0.1, -0.05) is 17.7 Å². The molecule has 1 N–H and O–H groups in total. The maximum Gasteiger partial charge on any atom is 0.258 e. The summed E-state index contributed by atoms with van der Waals surface area (Å²) in [6, 6.07) is 9.43. The third-order valence-electron chi connectivity index (χ3n) is 3.36. The first-order valence-corrected chi connectivity index (χ1v) is 6.65. The molecule has 1 aromatic heterocycles. The number of carbonyl (C=O) groups is 1. The molecule has 1 amide bonds. The molecule has 0 spiro atoms. The first kappa shape index (κ1) is 12.2. The number of aryl methyl sites for hydroxylation is 2. The van der Waals surface area contributed by atoms with Crippen molar-refractivity contribution in [3.63, 3.8) is 0 Å². The van der Waals surface area contributed by atoms with E-state index in [0.717, 1.165) is 18.5 Å². The molecule has 1 heterocycles. The minimum absolute atomic E-state index is 0.223. The molecule has 0 fully saturated rings. The molecule has 0 saturated carbocycles. The van der Waals surface area contributed by atoms with E-state index < -0.39 is 0 Å². The second-order valence-corrected chi connectivity index (χ2v) is 4.99. The molecule has 0 radical (unpaired) electrons. The lowest BCUT2D eigenvalue weighted by Crippen LogP contribution is -2.13. The number of halogens is 1. The monoisotopic (exact) mass is 272 g/mol. The van der Waals surface area contributed by atoms with Crippen LogP contribution in [0.15, 0.2) is 36.5 Å². The summed E-state index contributed by atoms with van der Waals surface area (Å²) in [6.45, 7) is 0. The van der Waals surface area contributed by atoms with E-state index in [1.807, 2.05) is 12.1 Å². The van der Waals surface area contributed by atoms with Gasteiger partial charge in [0.1, 0.15) is 5.15 Å². The van der Waals surface area contributed by atoms with Gasteiger partial charge >= 0.3 is 0 Å². The van der Waals surface area contributed by atoms with Crippen LogP contribution in [0.5, 0.6) is 0 Å². The number of anilines is 1. The first-order valence-electron chi connectivity index (χ1n) is 6.28. The third kappa shape index (κ3) is 2.47. The van der Waals surface area contributed by atoms with Crippen molar-refractivity contribution >= 4 is 23.2 Å². The van der Waals surface area contributed by atoms with Gasteiger partial charge in [0.15, 0.2) is 0 Å². The molecule has 1 aromatic carbocycles. The van der Waals surface area contributed by atoms with E-state index >= 15 is 0 Å². The Morgan fingerprint density at radius 3 is 2.89 bits per heavy atom. The fourth-order valence-corrected chi connectivity index (χ4v) is 2.61. The van der Waals surface area contributed by atoms with Crippen LogP contribution < -0.4 is 5.32 Å². The van der Waals surface area contributed by atoms with Crippen molar-refractivity contribution < 1.29 is 4.79 Å². The van der Waals surface area contributed by atoms with Gasteiger partial charge in [-0.3, -0.25) is 4.79 Å². The fourth-order valence-electron chi connectivity index (χ4n) is 2.40. The highest BCUT2D eigenvalue weighted by atomic mass is 35.5. The molecule has 0 atom stereocenters. The molecule has 1 aliphatic carbocycles. The maximum atomic E-state index is 12.1. The van der Waals surface area contributed by atoms with Crippen LogP contribution in [-0.4, -0.2) is 10.9 Å². The number of hydrogen-bond acceptors (Lipinski definition) is 2. The average molecular weight is 273 g/mol. The topological polar surface area (TPSA) is 42.0 Å². The lowest BCUT2D eigenvalue weighted by molar-refractivity contribution is 0.102. The summed E-state index contributed by atoms with van der Waals surface area (Å²) < 4.78 is 0. The number of aromatic nitrogens is 1. The number of nitrogens with zero attached hydrogens (tertiary/aromatic N) is 1. The van der Waals surface area contributed by atoms with Crippen molar-refractivity contribution in [1.82, 2.24) is 4.98 Å². The Morgan fingerprint density at radius 1 is 1.21 bits per heavy atom. The van der Waals surface area contributed by atoms with E-state index in [1.54, 1.807) is 18.3 Å². The third-order valence-corrected chi connectivity index (χ3v) is 3.66. The second-order valence-electron chi connectivity index (χ2n) is 4.63. The minimum Gasteiger partial charge on any atom is -0.322 e. The van der Waals surface area contributed by atoms with Crippen molar-refractivity contribution in [2.24, 2.45) is 0 Å². The Labute approximate surface area is 116 Å². The number of rotatable bonds is 2. The lowest BCUT2D eigenvalue weighted by Gasteiger charge is -2.08. The van der Waals surface area contributed by atoms with Crippen molar-refractivity contribution in [3.8, 4) is 0 Å². The summed E-state index contributed by atoms with van der Waals surface area (Å²) in [4.78, 5) is 16.0. The van der Waals surface area contributed by atoms with E-state index in [-0.39, 0.29) is 11.1 Å². The lowest BCUT2D eigenvalue weighted by atomic mass is 10.1. The predicted molar refractivity (Wildman–Crippen MR) is 75.7 cm³/mol. The predicted octanol–water partition coefficient (Wildman–Crippen LogP) is 3.48. The molecule has 3 nitrogen and oxygen atoms in total. The van der Waals surface area contributed by atoms with E-state index in [4.69, 9.17) is 11.6 Å². The number of benzene rings is 1. The molecule has 2 aromatic rings. The van der Waals surface area contributed by atoms with Crippen LogP contribution in [0.2, 0.25) is 5.15 Å². The molecule has 0 aliphatic heterocycles.